The van der Waals surface area contributed by atoms with Crippen molar-refractivity contribution in [2.45, 2.75) is 11.8 Å². The summed E-state index contributed by atoms with van der Waals surface area (Å²) in [6, 6.07) is 12.4. The van der Waals surface area contributed by atoms with Crippen LogP contribution in [-0.2, 0) is 21.8 Å². The van der Waals surface area contributed by atoms with Crippen LogP contribution < -0.4 is 9.86 Å². The molecule has 0 radical (unpaired) electrons. The molecule has 3 rings (SSSR count). The van der Waals surface area contributed by atoms with Gasteiger partial charge in [0.15, 0.2) is 0 Å². The molecule has 1 N–H and O–H groups in total. The van der Waals surface area contributed by atoms with E-state index in [0.717, 1.165) is 10.4 Å². The molecule has 11 heteroatoms. The standard InChI is InChI=1S/C21H22ClN3O6S/c1-14-19(20(27)25(23(14)2)15-7-5-4-6-8-15)24(3)32(29,30)16-9-10-18(22)17(13-16)21(28)31-12-11-26/h4-10,13,26H,11-12H2,1-3H3. The number of aliphatic hydroxyl groups excluding tert-OH is 1. The van der Waals surface area contributed by atoms with E-state index in [1.807, 2.05) is 6.07 Å². The minimum atomic E-state index is -4.23. The predicted molar refractivity (Wildman–Crippen MR) is 120 cm³/mol. The van der Waals surface area contributed by atoms with Crippen molar-refractivity contribution < 1.29 is 23.1 Å². The first kappa shape index (κ1) is 23.6. The van der Waals surface area contributed by atoms with Crippen LogP contribution in [-0.4, -0.2) is 49.1 Å². The monoisotopic (exact) mass is 479 g/mol. The topological polar surface area (TPSA) is 111 Å². The summed E-state index contributed by atoms with van der Waals surface area (Å²) in [4.78, 5) is 25.1. The van der Waals surface area contributed by atoms with Gasteiger partial charge in [0.25, 0.3) is 15.6 Å². The molecule has 1 aromatic heterocycles. The number of nitrogens with zero attached hydrogens (tertiary/aromatic N) is 3. The summed E-state index contributed by atoms with van der Waals surface area (Å²) in [5.74, 6) is -0.869. The molecule has 0 unspecified atom stereocenters. The van der Waals surface area contributed by atoms with Crippen molar-refractivity contribution in [1.82, 2.24) is 9.36 Å². The molecule has 0 saturated carbocycles. The molecule has 2 aromatic carbocycles. The van der Waals surface area contributed by atoms with Crippen molar-refractivity contribution in [1.29, 1.82) is 0 Å². The summed E-state index contributed by atoms with van der Waals surface area (Å²) in [7, 11) is -1.30. The summed E-state index contributed by atoms with van der Waals surface area (Å²) < 4.78 is 35.3. The number of para-hydroxylation sites is 1. The molecule has 0 aliphatic carbocycles. The number of benzene rings is 2. The number of carbonyl (C=O) groups is 1. The molecule has 0 spiro atoms. The van der Waals surface area contributed by atoms with E-state index in [2.05, 4.69) is 0 Å². The number of hydrogen-bond donors (Lipinski definition) is 1. The maximum Gasteiger partial charge on any atom is 0.339 e. The van der Waals surface area contributed by atoms with Crippen LogP contribution in [0.1, 0.15) is 16.1 Å². The molecule has 0 saturated heterocycles. The van der Waals surface area contributed by atoms with Gasteiger partial charge in [-0.2, -0.15) is 0 Å². The molecule has 0 aliphatic heterocycles. The Kier molecular flexibility index (Phi) is 6.77. The Hall–Kier alpha value is -3.08. The van der Waals surface area contributed by atoms with Crippen LogP contribution in [0.15, 0.2) is 58.2 Å². The molecule has 170 valence electrons. The average molecular weight is 480 g/mol. The Morgan fingerprint density at radius 1 is 1.19 bits per heavy atom. The van der Waals surface area contributed by atoms with E-state index in [-0.39, 0.29) is 34.4 Å². The Morgan fingerprint density at radius 2 is 1.84 bits per heavy atom. The fourth-order valence-corrected chi connectivity index (χ4v) is 4.70. The van der Waals surface area contributed by atoms with Gasteiger partial charge in [-0.3, -0.25) is 13.8 Å². The van der Waals surface area contributed by atoms with Gasteiger partial charge in [0.05, 0.1) is 33.5 Å². The van der Waals surface area contributed by atoms with E-state index < -0.39 is 21.6 Å². The van der Waals surface area contributed by atoms with Crippen LogP contribution in [0, 0.1) is 6.92 Å². The molecule has 9 nitrogen and oxygen atoms in total. The number of rotatable bonds is 7. The SMILES string of the molecule is Cc1c(N(C)S(=O)(=O)c2ccc(Cl)c(C(=O)OCCO)c2)c(=O)n(-c2ccccc2)n1C. The van der Waals surface area contributed by atoms with Crippen LogP contribution in [0.3, 0.4) is 0 Å². The van der Waals surface area contributed by atoms with Crippen LogP contribution in [0.5, 0.6) is 0 Å². The summed E-state index contributed by atoms with van der Waals surface area (Å²) in [5, 5.41) is 8.82. The zero-order chi connectivity index (χ0) is 23.6. The van der Waals surface area contributed by atoms with Gasteiger partial charge >= 0.3 is 5.97 Å². The molecule has 0 fully saturated rings. The first-order chi connectivity index (χ1) is 15.1. The van der Waals surface area contributed by atoms with Crippen molar-refractivity contribution in [3.63, 3.8) is 0 Å². The molecule has 0 bridgehead atoms. The summed E-state index contributed by atoms with van der Waals surface area (Å²) in [6.07, 6.45) is 0. The van der Waals surface area contributed by atoms with E-state index in [1.54, 1.807) is 42.9 Å². The second kappa shape index (κ2) is 9.19. The largest absolute Gasteiger partial charge is 0.460 e. The molecular weight excluding hydrogens is 458 g/mol. The second-order valence-corrected chi connectivity index (χ2v) is 9.26. The highest BCUT2D eigenvalue weighted by molar-refractivity contribution is 7.92. The predicted octanol–water partition coefficient (Wildman–Crippen LogP) is 2.11. The van der Waals surface area contributed by atoms with Crippen molar-refractivity contribution in [3.8, 4) is 5.69 Å². The Balaban J connectivity index is 2.08. The Morgan fingerprint density at radius 3 is 2.47 bits per heavy atom. The van der Waals surface area contributed by atoms with Crippen molar-refractivity contribution in [2.75, 3.05) is 24.6 Å². The van der Waals surface area contributed by atoms with Gasteiger partial charge in [0, 0.05) is 14.1 Å². The lowest BCUT2D eigenvalue weighted by Crippen LogP contribution is -2.32. The van der Waals surface area contributed by atoms with Crippen LogP contribution in [0.25, 0.3) is 5.69 Å². The first-order valence-corrected chi connectivity index (χ1v) is 11.3. The molecule has 1 heterocycles. The van der Waals surface area contributed by atoms with E-state index in [4.69, 9.17) is 21.4 Å². The lowest BCUT2D eigenvalue weighted by atomic mass is 10.2. The van der Waals surface area contributed by atoms with Crippen LogP contribution >= 0.6 is 11.6 Å². The van der Waals surface area contributed by atoms with Crippen LogP contribution in [0.2, 0.25) is 5.02 Å². The number of aromatic nitrogens is 2. The summed E-state index contributed by atoms with van der Waals surface area (Å²) >= 11 is 6.03. The highest BCUT2D eigenvalue weighted by Crippen LogP contribution is 2.27. The smallest absolute Gasteiger partial charge is 0.339 e. The number of halogens is 1. The number of anilines is 1. The third kappa shape index (κ3) is 4.16. The van der Waals surface area contributed by atoms with Crippen molar-refractivity contribution >= 4 is 33.3 Å². The van der Waals surface area contributed by atoms with E-state index in [9.17, 15) is 18.0 Å². The van der Waals surface area contributed by atoms with Crippen molar-refractivity contribution in [2.24, 2.45) is 7.05 Å². The van der Waals surface area contributed by atoms with Gasteiger partial charge in [0.2, 0.25) is 0 Å². The zero-order valence-corrected chi connectivity index (χ0v) is 19.2. The highest BCUT2D eigenvalue weighted by Gasteiger charge is 2.29. The van der Waals surface area contributed by atoms with Crippen molar-refractivity contribution in [3.05, 3.63) is 75.2 Å². The van der Waals surface area contributed by atoms with Gasteiger partial charge in [-0.1, -0.05) is 29.8 Å². The summed E-state index contributed by atoms with van der Waals surface area (Å²) in [6.45, 7) is 1.00. The molecule has 32 heavy (non-hydrogen) atoms. The lowest BCUT2D eigenvalue weighted by molar-refractivity contribution is 0.0433. The highest BCUT2D eigenvalue weighted by atomic mass is 35.5. The van der Waals surface area contributed by atoms with Gasteiger partial charge in [-0.25, -0.2) is 17.9 Å². The fraction of sp³-hybridized carbons (Fsp3) is 0.238. The molecule has 3 aromatic rings. The number of carbonyl (C=O) groups excluding carboxylic acids is 1. The maximum absolute atomic E-state index is 13.3. The number of sulfonamides is 1. The lowest BCUT2D eigenvalue weighted by Gasteiger charge is -2.18. The average Bonchev–Trinajstić information content (AvgIpc) is 3.00. The van der Waals surface area contributed by atoms with E-state index >= 15 is 0 Å². The molecular formula is C21H22ClN3O6S. The number of hydrogen-bond acceptors (Lipinski definition) is 6. The fourth-order valence-electron chi connectivity index (χ4n) is 3.23. The maximum atomic E-state index is 13.3. The number of esters is 1. The Labute approximate surface area is 190 Å². The zero-order valence-electron chi connectivity index (χ0n) is 17.6. The van der Waals surface area contributed by atoms with E-state index in [0.29, 0.717) is 11.4 Å². The van der Waals surface area contributed by atoms with Crippen LogP contribution in [0.4, 0.5) is 5.69 Å². The first-order valence-electron chi connectivity index (χ1n) is 9.51. The number of aliphatic hydroxyl groups is 1. The van der Waals surface area contributed by atoms with Gasteiger partial charge in [0.1, 0.15) is 12.3 Å². The minimum Gasteiger partial charge on any atom is -0.460 e. The molecule has 0 amide bonds. The van der Waals surface area contributed by atoms with Gasteiger partial charge in [-0.15, -0.1) is 0 Å². The quantitative estimate of drug-likeness (QED) is 0.519. The molecule has 0 atom stereocenters. The normalized spacial score (nSPS) is 11.4. The minimum absolute atomic E-state index is 0.00290. The third-order valence-electron chi connectivity index (χ3n) is 4.98. The molecule has 0 aliphatic rings. The van der Waals surface area contributed by atoms with E-state index in [1.165, 1.54) is 23.9 Å². The summed E-state index contributed by atoms with van der Waals surface area (Å²) in [5.41, 5.74) is 0.303. The third-order valence-corrected chi connectivity index (χ3v) is 7.06. The van der Waals surface area contributed by atoms with Gasteiger partial charge < -0.3 is 9.84 Å². The number of ether oxygens (including phenoxy) is 1. The second-order valence-electron chi connectivity index (χ2n) is 6.88. The van der Waals surface area contributed by atoms with Gasteiger partial charge in [-0.05, 0) is 37.3 Å². The Bertz CT molecular complexity index is 1320.